The summed E-state index contributed by atoms with van der Waals surface area (Å²) in [6, 6.07) is 11.4. The number of methoxy groups -OCH3 is 1. The Morgan fingerprint density at radius 3 is 2.42 bits per heavy atom. The highest BCUT2D eigenvalue weighted by molar-refractivity contribution is 8.26. The molecule has 0 saturated carbocycles. The molecule has 0 aliphatic carbocycles. The second-order valence-corrected chi connectivity index (χ2v) is 7.95. The zero-order chi connectivity index (χ0) is 22.4. The maximum atomic E-state index is 12.5. The first kappa shape index (κ1) is 22.6. The first-order chi connectivity index (χ1) is 14.9. The predicted octanol–water partition coefficient (Wildman–Crippen LogP) is 4.28. The SMILES string of the molecule is CCN1C(=O)/C(=C/c2cc([N+](=O)[O-])ccc2OCCOc2ccc(OC)cc2)SC1=S. The van der Waals surface area contributed by atoms with Gasteiger partial charge in [0.25, 0.3) is 11.6 Å². The van der Waals surface area contributed by atoms with Gasteiger partial charge in [-0.1, -0.05) is 24.0 Å². The van der Waals surface area contributed by atoms with Crippen molar-refractivity contribution in [3.8, 4) is 17.2 Å². The minimum absolute atomic E-state index is 0.0981. The van der Waals surface area contributed by atoms with E-state index in [4.69, 9.17) is 26.4 Å². The highest BCUT2D eigenvalue weighted by Gasteiger charge is 2.31. The molecular formula is C21H20N2O6S2. The quantitative estimate of drug-likeness (QED) is 0.180. The van der Waals surface area contributed by atoms with Crippen molar-refractivity contribution < 1.29 is 23.9 Å². The van der Waals surface area contributed by atoms with Crippen molar-refractivity contribution in [2.75, 3.05) is 26.9 Å². The van der Waals surface area contributed by atoms with Gasteiger partial charge in [0.1, 0.15) is 34.8 Å². The number of rotatable bonds is 9. The molecule has 2 aromatic carbocycles. The number of thioether (sulfide) groups is 1. The van der Waals surface area contributed by atoms with Gasteiger partial charge in [0, 0.05) is 24.2 Å². The number of nitro benzene ring substituents is 1. The summed E-state index contributed by atoms with van der Waals surface area (Å²) in [7, 11) is 1.59. The highest BCUT2D eigenvalue weighted by atomic mass is 32.2. The van der Waals surface area contributed by atoms with Crippen molar-refractivity contribution in [3.63, 3.8) is 0 Å². The monoisotopic (exact) mass is 460 g/mol. The maximum absolute atomic E-state index is 12.5. The van der Waals surface area contributed by atoms with E-state index in [2.05, 4.69) is 0 Å². The summed E-state index contributed by atoms with van der Waals surface area (Å²) in [5.41, 5.74) is 0.328. The minimum Gasteiger partial charge on any atom is -0.497 e. The van der Waals surface area contributed by atoms with Gasteiger partial charge in [-0.05, 0) is 43.3 Å². The lowest BCUT2D eigenvalue weighted by molar-refractivity contribution is -0.384. The molecule has 162 valence electrons. The van der Waals surface area contributed by atoms with Crippen LogP contribution in [-0.4, -0.2) is 46.9 Å². The Kier molecular flexibility index (Phi) is 7.48. The largest absolute Gasteiger partial charge is 0.497 e. The Bertz CT molecular complexity index is 1020. The van der Waals surface area contributed by atoms with Gasteiger partial charge < -0.3 is 14.2 Å². The fourth-order valence-corrected chi connectivity index (χ4v) is 4.17. The molecule has 1 aliphatic rings. The Hall–Kier alpha value is -3.11. The fraction of sp³-hybridized carbons (Fsp3) is 0.238. The van der Waals surface area contributed by atoms with Gasteiger partial charge in [-0.25, -0.2) is 0 Å². The maximum Gasteiger partial charge on any atom is 0.270 e. The molecule has 3 rings (SSSR count). The van der Waals surface area contributed by atoms with Crippen molar-refractivity contribution in [2.45, 2.75) is 6.92 Å². The molecule has 0 spiro atoms. The number of hydrogen-bond donors (Lipinski definition) is 0. The number of thiocarbonyl (C=S) groups is 1. The second kappa shape index (κ2) is 10.3. The summed E-state index contributed by atoms with van der Waals surface area (Å²) < 4.78 is 17.0. The zero-order valence-corrected chi connectivity index (χ0v) is 18.5. The van der Waals surface area contributed by atoms with Crippen LogP contribution in [0.2, 0.25) is 0 Å². The van der Waals surface area contributed by atoms with Crippen molar-refractivity contribution in [1.29, 1.82) is 0 Å². The fourth-order valence-electron chi connectivity index (χ4n) is 2.79. The molecule has 8 nitrogen and oxygen atoms in total. The first-order valence-corrected chi connectivity index (χ1v) is 10.6. The zero-order valence-electron chi connectivity index (χ0n) is 16.9. The average Bonchev–Trinajstić information content (AvgIpc) is 3.04. The lowest BCUT2D eigenvalue weighted by Crippen LogP contribution is -2.27. The van der Waals surface area contributed by atoms with Crippen LogP contribution in [0.1, 0.15) is 12.5 Å². The number of amides is 1. The second-order valence-electron chi connectivity index (χ2n) is 6.28. The van der Waals surface area contributed by atoms with Crippen LogP contribution in [0.3, 0.4) is 0 Å². The van der Waals surface area contributed by atoms with Crippen molar-refractivity contribution in [2.24, 2.45) is 0 Å². The molecule has 10 heteroatoms. The third-order valence-corrected chi connectivity index (χ3v) is 5.73. The van der Waals surface area contributed by atoms with Crippen LogP contribution in [0, 0.1) is 10.1 Å². The van der Waals surface area contributed by atoms with Crippen molar-refractivity contribution in [1.82, 2.24) is 4.90 Å². The van der Waals surface area contributed by atoms with E-state index in [1.165, 1.54) is 23.1 Å². The van der Waals surface area contributed by atoms with E-state index in [9.17, 15) is 14.9 Å². The lowest BCUT2D eigenvalue weighted by Gasteiger charge is -2.11. The number of non-ortho nitro benzene ring substituents is 1. The molecule has 0 aromatic heterocycles. The van der Waals surface area contributed by atoms with E-state index in [0.717, 1.165) is 17.5 Å². The van der Waals surface area contributed by atoms with Crippen molar-refractivity contribution >= 4 is 46.0 Å². The molecule has 1 fully saturated rings. The van der Waals surface area contributed by atoms with Crippen LogP contribution in [0.5, 0.6) is 17.2 Å². The third-order valence-electron chi connectivity index (χ3n) is 4.35. The van der Waals surface area contributed by atoms with Gasteiger partial charge in [-0.3, -0.25) is 19.8 Å². The number of hydrogen-bond acceptors (Lipinski definition) is 8. The van der Waals surface area contributed by atoms with Gasteiger partial charge in [0.15, 0.2) is 0 Å². The van der Waals surface area contributed by atoms with E-state index >= 15 is 0 Å². The van der Waals surface area contributed by atoms with Gasteiger partial charge in [-0.15, -0.1) is 0 Å². The summed E-state index contributed by atoms with van der Waals surface area (Å²) in [5, 5.41) is 11.2. The van der Waals surface area contributed by atoms with E-state index in [0.29, 0.717) is 32.8 Å². The Labute approximate surface area is 188 Å². The number of carbonyl (C=O) groups excluding carboxylic acids is 1. The molecule has 0 N–H and O–H groups in total. The first-order valence-electron chi connectivity index (χ1n) is 9.36. The average molecular weight is 461 g/mol. The minimum atomic E-state index is -0.495. The Morgan fingerprint density at radius 1 is 1.13 bits per heavy atom. The summed E-state index contributed by atoms with van der Waals surface area (Å²) in [6.07, 6.45) is 1.57. The van der Waals surface area contributed by atoms with Crippen LogP contribution >= 0.6 is 24.0 Å². The van der Waals surface area contributed by atoms with Gasteiger partial charge in [-0.2, -0.15) is 0 Å². The number of nitro groups is 1. The van der Waals surface area contributed by atoms with Crippen molar-refractivity contribution in [3.05, 3.63) is 63.0 Å². The molecular weight excluding hydrogens is 440 g/mol. The van der Waals surface area contributed by atoms with Crippen LogP contribution < -0.4 is 14.2 Å². The summed E-state index contributed by atoms with van der Waals surface area (Å²) in [4.78, 5) is 25.1. The standard InChI is InChI=1S/C21H20N2O6S2/c1-3-22-20(24)19(31-21(22)30)13-14-12-15(23(25)26)4-9-18(14)29-11-10-28-17-7-5-16(27-2)6-8-17/h4-9,12-13H,3,10-11H2,1-2H3/b19-13-. The predicted molar refractivity (Wildman–Crippen MR) is 123 cm³/mol. The molecule has 1 aliphatic heterocycles. The third kappa shape index (κ3) is 5.53. The molecule has 0 unspecified atom stereocenters. The smallest absolute Gasteiger partial charge is 0.270 e. The summed E-state index contributed by atoms with van der Waals surface area (Å²) in [6.45, 7) is 2.77. The highest BCUT2D eigenvalue weighted by Crippen LogP contribution is 2.35. The topological polar surface area (TPSA) is 91.1 Å². The van der Waals surface area contributed by atoms with E-state index in [1.807, 2.05) is 6.92 Å². The molecule has 2 aromatic rings. The molecule has 1 saturated heterocycles. The van der Waals surface area contributed by atoms with Crippen LogP contribution in [0.25, 0.3) is 6.08 Å². The number of benzene rings is 2. The molecule has 0 radical (unpaired) electrons. The van der Waals surface area contributed by atoms with Gasteiger partial charge >= 0.3 is 0 Å². The van der Waals surface area contributed by atoms with Crippen LogP contribution in [0.15, 0.2) is 47.4 Å². The summed E-state index contributed by atoms with van der Waals surface area (Å²) >= 11 is 6.38. The molecule has 1 heterocycles. The van der Waals surface area contributed by atoms with E-state index in [1.54, 1.807) is 37.5 Å². The van der Waals surface area contributed by atoms with Gasteiger partial charge in [0.05, 0.1) is 16.9 Å². The number of likely N-dealkylation sites (N-methyl/N-ethyl adjacent to an activating group) is 1. The molecule has 0 bridgehead atoms. The van der Waals surface area contributed by atoms with Gasteiger partial charge in [0.2, 0.25) is 0 Å². The summed E-state index contributed by atoms with van der Waals surface area (Å²) in [5.74, 6) is 1.58. The number of carbonyl (C=O) groups is 1. The lowest BCUT2D eigenvalue weighted by atomic mass is 10.1. The number of ether oxygens (including phenoxy) is 3. The normalized spacial score (nSPS) is 14.8. The molecule has 0 atom stereocenters. The Morgan fingerprint density at radius 2 is 1.81 bits per heavy atom. The molecule has 1 amide bonds. The number of nitrogens with zero attached hydrogens (tertiary/aromatic N) is 2. The van der Waals surface area contributed by atoms with E-state index < -0.39 is 4.92 Å². The Balaban J connectivity index is 1.72. The van der Waals surface area contributed by atoms with E-state index in [-0.39, 0.29) is 24.8 Å². The van der Waals surface area contributed by atoms with Crippen LogP contribution in [-0.2, 0) is 4.79 Å². The van der Waals surface area contributed by atoms with Crippen LogP contribution in [0.4, 0.5) is 5.69 Å². The molecule has 31 heavy (non-hydrogen) atoms.